The van der Waals surface area contributed by atoms with E-state index in [0.29, 0.717) is 11.6 Å². The first-order chi connectivity index (χ1) is 6.63. The summed E-state index contributed by atoms with van der Waals surface area (Å²) in [6, 6.07) is 5.06. The molecule has 0 amide bonds. The Hall–Kier alpha value is -0.570. The van der Waals surface area contributed by atoms with E-state index in [1.54, 1.807) is 6.07 Å². The summed E-state index contributed by atoms with van der Waals surface area (Å²) in [6.07, 6.45) is 1.10. The van der Waals surface area contributed by atoms with Crippen molar-refractivity contribution in [3.05, 3.63) is 28.5 Å². The van der Waals surface area contributed by atoms with E-state index in [4.69, 9.17) is 0 Å². The first-order valence-electron chi connectivity index (χ1n) is 4.82. The van der Waals surface area contributed by atoms with Crippen molar-refractivity contribution in [1.82, 2.24) is 0 Å². The molecule has 0 bridgehead atoms. The van der Waals surface area contributed by atoms with Crippen molar-refractivity contribution in [2.75, 3.05) is 11.9 Å². The van der Waals surface area contributed by atoms with Gasteiger partial charge in [0.05, 0.1) is 5.69 Å². The topological polar surface area (TPSA) is 12.0 Å². The molecule has 0 aliphatic heterocycles. The second-order valence-corrected chi connectivity index (χ2v) is 4.43. The molecule has 0 aliphatic carbocycles. The molecule has 0 aliphatic rings. The molecule has 1 unspecified atom stereocenters. The molecule has 0 heterocycles. The van der Waals surface area contributed by atoms with Crippen molar-refractivity contribution in [1.29, 1.82) is 0 Å². The Morgan fingerprint density at radius 2 is 2.21 bits per heavy atom. The lowest BCUT2D eigenvalue weighted by Gasteiger charge is -2.11. The molecule has 0 aromatic heterocycles. The van der Waals surface area contributed by atoms with Crippen LogP contribution in [0.2, 0.25) is 0 Å². The molecular weight excluding hydrogens is 245 g/mol. The third-order valence-corrected chi connectivity index (χ3v) is 2.76. The zero-order valence-electron chi connectivity index (χ0n) is 8.48. The maximum Gasteiger partial charge on any atom is 0.147 e. The van der Waals surface area contributed by atoms with Gasteiger partial charge in [0.1, 0.15) is 5.82 Å². The third-order valence-electron chi connectivity index (χ3n) is 2.27. The Morgan fingerprint density at radius 1 is 1.50 bits per heavy atom. The molecule has 0 saturated carbocycles. The Labute approximate surface area is 92.8 Å². The van der Waals surface area contributed by atoms with Crippen molar-refractivity contribution in [2.45, 2.75) is 20.3 Å². The zero-order chi connectivity index (χ0) is 10.6. The molecule has 0 saturated heterocycles. The van der Waals surface area contributed by atoms with Crippen molar-refractivity contribution >= 4 is 21.6 Å². The average Bonchev–Trinajstić information content (AvgIpc) is 2.16. The van der Waals surface area contributed by atoms with Gasteiger partial charge in [-0.25, -0.2) is 4.39 Å². The number of benzene rings is 1. The van der Waals surface area contributed by atoms with Gasteiger partial charge in [0.15, 0.2) is 0 Å². The lowest BCUT2D eigenvalue weighted by atomic mass is 10.1. The van der Waals surface area contributed by atoms with E-state index < -0.39 is 0 Å². The quantitative estimate of drug-likeness (QED) is 0.861. The highest BCUT2D eigenvalue weighted by molar-refractivity contribution is 9.10. The van der Waals surface area contributed by atoms with E-state index in [0.717, 1.165) is 17.4 Å². The molecule has 1 atom stereocenters. The van der Waals surface area contributed by atoms with E-state index in [1.165, 1.54) is 6.07 Å². The summed E-state index contributed by atoms with van der Waals surface area (Å²) in [5.41, 5.74) is 0.577. The molecule has 1 N–H and O–H groups in total. The molecule has 0 radical (unpaired) electrons. The summed E-state index contributed by atoms with van der Waals surface area (Å²) in [5.74, 6) is 0.362. The Kier molecular flexibility index (Phi) is 4.39. The van der Waals surface area contributed by atoms with E-state index >= 15 is 0 Å². The van der Waals surface area contributed by atoms with Crippen LogP contribution in [0.25, 0.3) is 0 Å². The normalized spacial score (nSPS) is 12.6. The summed E-state index contributed by atoms with van der Waals surface area (Å²) in [4.78, 5) is 0. The van der Waals surface area contributed by atoms with E-state index in [1.807, 2.05) is 6.07 Å². The number of anilines is 1. The Bertz CT molecular complexity index is 301. The van der Waals surface area contributed by atoms with Crippen molar-refractivity contribution in [3.8, 4) is 0 Å². The zero-order valence-corrected chi connectivity index (χ0v) is 10.1. The first kappa shape index (κ1) is 11.5. The average molecular weight is 260 g/mol. The largest absolute Gasteiger partial charge is 0.382 e. The summed E-state index contributed by atoms with van der Waals surface area (Å²) < 4.78 is 14.1. The maximum absolute atomic E-state index is 13.3. The van der Waals surface area contributed by atoms with Gasteiger partial charge in [-0.15, -0.1) is 0 Å². The van der Waals surface area contributed by atoms with Crippen LogP contribution < -0.4 is 5.32 Å². The molecule has 14 heavy (non-hydrogen) atoms. The van der Waals surface area contributed by atoms with Gasteiger partial charge in [-0.05, 0) is 24.1 Å². The maximum atomic E-state index is 13.3. The molecule has 1 nitrogen and oxygen atoms in total. The Morgan fingerprint density at radius 3 is 2.79 bits per heavy atom. The minimum absolute atomic E-state index is 0.206. The fraction of sp³-hybridized carbons (Fsp3) is 0.455. The van der Waals surface area contributed by atoms with Crippen LogP contribution in [0.5, 0.6) is 0 Å². The van der Waals surface area contributed by atoms with Gasteiger partial charge < -0.3 is 5.32 Å². The summed E-state index contributed by atoms with van der Waals surface area (Å²) in [7, 11) is 0. The van der Waals surface area contributed by atoms with Gasteiger partial charge in [0, 0.05) is 11.0 Å². The predicted octanol–water partition coefficient (Wildman–Crippen LogP) is 4.05. The standard InChI is InChI=1S/C11H15BrFN/c1-3-8(2)7-14-11-5-4-9(12)6-10(11)13/h4-6,8,14H,3,7H2,1-2H3. The summed E-state index contributed by atoms with van der Waals surface area (Å²) in [6.45, 7) is 5.09. The van der Waals surface area contributed by atoms with Crippen LogP contribution >= 0.6 is 15.9 Å². The molecule has 3 heteroatoms. The predicted molar refractivity (Wildman–Crippen MR) is 62.0 cm³/mol. The smallest absolute Gasteiger partial charge is 0.147 e. The van der Waals surface area contributed by atoms with Gasteiger partial charge in [-0.2, -0.15) is 0 Å². The van der Waals surface area contributed by atoms with Crippen LogP contribution in [0.3, 0.4) is 0 Å². The summed E-state index contributed by atoms with van der Waals surface area (Å²) in [5, 5.41) is 3.10. The monoisotopic (exact) mass is 259 g/mol. The summed E-state index contributed by atoms with van der Waals surface area (Å²) >= 11 is 3.22. The first-order valence-corrected chi connectivity index (χ1v) is 5.61. The SMILES string of the molecule is CCC(C)CNc1ccc(Br)cc1F. The minimum Gasteiger partial charge on any atom is -0.382 e. The lowest BCUT2D eigenvalue weighted by molar-refractivity contribution is 0.585. The second-order valence-electron chi connectivity index (χ2n) is 3.52. The van der Waals surface area contributed by atoms with Crippen LogP contribution in [0.15, 0.2) is 22.7 Å². The number of halogens is 2. The van der Waals surface area contributed by atoms with Crippen LogP contribution in [0.1, 0.15) is 20.3 Å². The fourth-order valence-electron chi connectivity index (χ4n) is 1.06. The van der Waals surface area contributed by atoms with E-state index in [-0.39, 0.29) is 5.82 Å². The number of hydrogen-bond acceptors (Lipinski definition) is 1. The van der Waals surface area contributed by atoms with Crippen molar-refractivity contribution < 1.29 is 4.39 Å². The minimum atomic E-state index is -0.206. The third kappa shape index (κ3) is 3.29. The molecule has 1 aromatic carbocycles. The number of hydrogen-bond donors (Lipinski definition) is 1. The van der Waals surface area contributed by atoms with Crippen molar-refractivity contribution in [2.24, 2.45) is 5.92 Å². The lowest BCUT2D eigenvalue weighted by Crippen LogP contribution is -2.11. The van der Waals surface area contributed by atoms with Gasteiger partial charge in [0.25, 0.3) is 0 Å². The molecule has 78 valence electrons. The van der Waals surface area contributed by atoms with Crippen LogP contribution in [-0.2, 0) is 0 Å². The highest BCUT2D eigenvalue weighted by Gasteiger charge is 2.03. The highest BCUT2D eigenvalue weighted by atomic mass is 79.9. The fourth-order valence-corrected chi connectivity index (χ4v) is 1.39. The molecule has 0 fully saturated rings. The van der Waals surface area contributed by atoms with Crippen LogP contribution in [0, 0.1) is 11.7 Å². The van der Waals surface area contributed by atoms with Gasteiger partial charge in [0.2, 0.25) is 0 Å². The van der Waals surface area contributed by atoms with Crippen LogP contribution in [-0.4, -0.2) is 6.54 Å². The molecule has 0 spiro atoms. The molecule has 1 rings (SSSR count). The molecular formula is C11H15BrFN. The Balaban J connectivity index is 2.59. The van der Waals surface area contributed by atoms with E-state index in [9.17, 15) is 4.39 Å². The van der Waals surface area contributed by atoms with Gasteiger partial charge in [-0.3, -0.25) is 0 Å². The van der Waals surface area contributed by atoms with Crippen molar-refractivity contribution in [3.63, 3.8) is 0 Å². The van der Waals surface area contributed by atoms with Gasteiger partial charge >= 0.3 is 0 Å². The van der Waals surface area contributed by atoms with E-state index in [2.05, 4.69) is 35.1 Å². The van der Waals surface area contributed by atoms with Crippen LogP contribution in [0.4, 0.5) is 10.1 Å². The highest BCUT2D eigenvalue weighted by Crippen LogP contribution is 2.19. The second kappa shape index (κ2) is 5.35. The molecule has 1 aromatic rings. The number of rotatable bonds is 4. The number of nitrogens with one attached hydrogen (secondary N) is 1. The van der Waals surface area contributed by atoms with Gasteiger partial charge in [-0.1, -0.05) is 36.2 Å².